The van der Waals surface area contributed by atoms with Crippen LogP contribution in [-0.2, 0) is 10.3 Å². The molecule has 4 heterocycles. The third kappa shape index (κ3) is 2.77. The molecule has 1 saturated heterocycles. The van der Waals surface area contributed by atoms with Crippen LogP contribution in [0.4, 0.5) is 5.82 Å². The Hall–Kier alpha value is -2.38. The number of aromatic amines is 1. The molecule has 0 atom stereocenters. The molecular weight excluding hydrogens is 330 g/mol. The van der Waals surface area contributed by atoms with Crippen LogP contribution in [0.1, 0.15) is 33.3 Å². The van der Waals surface area contributed by atoms with Crippen LogP contribution in [0.15, 0.2) is 30.6 Å². The molecule has 0 saturated carbocycles. The number of aliphatic hydroxyl groups is 1. The molecule has 2 N–H and O–H groups in total. The second-order valence-corrected chi connectivity index (χ2v) is 7.97. The normalized spacial score (nSPS) is 17.8. The minimum atomic E-state index is -0.980. The van der Waals surface area contributed by atoms with Gasteiger partial charge >= 0.3 is 0 Å². The Kier molecular flexibility index (Phi) is 3.82. The lowest BCUT2D eigenvalue weighted by atomic mass is 9.95. The van der Waals surface area contributed by atoms with E-state index in [9.17, 15) is 5.11 Å². The van der Waals surface area contributed by atoms with Gasteiger partial charge in [0.1, 0.15) is 17.3 Å². The van der Waals surface area contributed by atoms with Gasteiger partial charge in [-0.1, -0.05) is 0 Å². The topological polar surface area (TPSA) is 79.2 Å². The SMILES string of the molecule is CC(C)(O)c1cc(N2CCOCC2(C)C)nc2c1ccn2-c1ccn[nH]1. The minimum Gasteiger partial charge on any atom is -0.386 e. The summed E-state index contributed by atoms with van der Waals surface area (Å²) in [6.45, 7) is 9.99. The molecule has 0 spiro atoms. The molecule has 0 radical (unpaired) electrons. The molecule has 1 aliphatic rings. The highest BCUT2D eigenvalue weighted by Gasteiger charge is 2.33. The standard InChI is InChI=1S/C19H25N5O2/c1-18(2)12-26-10-9-24(18)16-11-14(19(3,4)25)13-6-8-23(17(13)21-16)15-5-7-20-22-15/h5-8,11,25H,9-10,12H2,1-4H3,(H,20,22). The van der Waals surface area contributed by atoms with Gasteiger partial charge in [0.05, 0.1) is 30.6 Å². The summed E-state index contributed by atoms with van der Waals surface area (Å²) >= 11 is 0. The number of hydrogen-bond acceptors (Lipinski definition) is 5. The highest BCUT2D eigenvalue weighted by Crippen LogP contribution is 2.35. The third-order valence-electron chi connectivity index (χ3n) is 4.97. The fraction of sp³-hybridized carbons (Fsp3) is 0.474. The summed E-state index contributed by atoms with van der Waals surface area (Å²) in [7, 11) is 0. The van der Waals surface area contributed by atoms with Crippen LogP contribution in [0.2, 0.25) is 0 Å². The first-order chi connectivity index (χ1) is 12.3. The molecule has 3 aromatic rings. The summed E-state index contributed by atoms with van der Waals surface area (Å²) in [6, 6.07) is 5.90. The average Bonchev–Trinajstić information content (AvgIpc) is 3.21. The highest BCUT2D eigenvalue weighted by molar-refractivity contribution is 5.84. The lowest BCUT2D eigenvalue weighted by molar-refractivity contribution is 0.0636. The first kappa shape index (κ1) is 17.1. The Labute approximate surface area is 152 Å². The molecule has 1 fully saturated rings. The smallest absolute Gasteiger partial charge is 0.148 e. The van der Waals surface area contributed by atoms with Crippen LogP contribution in [0.25, 0.3) is 16.9 Å². The van der Waals surface area contributed by atoms with Crippen molar-refractivity contribution >= 4 is 16.9 Å². The van der Waals surface area contributed by atoms with Gasteiger partial charge in [-0.05, 0) is 45.4 Å². The third-order valence-corrected chi connectivity index (χ3v) is 4.97. The minimum absolute atomic E-state index is 0.165. The molecule has 0 aliphatic carbocycles. The lowest BCUT2D eigenvalue weighted by Gasteiger charge is -2.43. The van der Waals surface area contributed by atoms with E-state index in [0.717, 1.165) is 34.8 Å². The van der Waals surface area contributed by atoms with Gasteiger partial charge in [0.2, 0.25) is 0 Å². The fourth-order valence-electron chi connectivity index (χ4n) is 3.60. The zero-order valence-corrected chi connectivity index (χ0v) is 15.7. The van der Waals surface area contributed by atoms with Gasteiger partial charge < -0.3 is 14.7 Å². The van der Waals surface area contributed by atoms with Crippen molar-refractivity contribution < 1.29 is 9.84 Å². The molecule has 0 unspecified atom stereocenters. The van der Waals surface area contributed by atoms with Crippen LogP contribution in [0.5, 0.6) is 0 Å². The maximum atomic E-state index is 10.8. The lowest BCUT2D eigenvalue weighted by Crippen LogP contribution is -2.53. The van der Waals surface area contributed by atoms with Crippen molar-refractivity contribution in [3.8, 4) is 5.82 Å². The van der Waals surface area contributed by atoms with Gasteiger partial charge in [-0.25, -0.2) is 4.98 Å². The Morgan fingerprint density at radius 1 is 1.31 bits per heavy atom. The quantitative estimate of drug-likeness (QED) is 0.755. The predicted molar refractivity (Wildman–Crippen MR) is 101 cm³/mol. The van der Waals surface area contributed by atoms with E-state index in [-0.39, 0.29) is 5.54 Å². The number of ether oxygens (including phenoxy) is 1. The van der Waals surface area contributed by atoms with E-state index in [1.807, 2.05) is 42.8 Å². The number of fused-ring (bicyclic) bond motifs is 1. The molecule has 7 nitrogen and oxygen atoms in total. The van der Waals surface area contributed by atoms with Crippen molar-refractivity contribution in [2.45, 2.75) is 38.8 Å². The number of rotatable bonds is 3. The van der Waals surface area contributed by atoms with Gasteiger partial charge in [0.15, 0.2) is 0 Å². The van der Waals surface area contributed by atoms with Crippen LogP contribution < -0.4 is 4.90 Å². The number of pyridine rings is 1. The number of nitrogens with zero attached hydrogens (tertiary/aromatic N) is 4. The zero-order valence-electron chi connectivity index (χ0n) is 15.7. The first-order valence-corrected chi connectivity index (χ1v) is 8.87. The summed E-state index contributed by atoms with van der Waals surface area (Å²) in [6.07, 6.45) is 3.67. The van der Waals surface area contributed by atoms with E-state index >= 15 is 0 Å². The van der Waals surface area contributed by atoms with E-state index in [2.05, 4.69) is 28.9 Å². The summed E-state index contributed by atoms with van der Waals surface area (Å²) in [5.41, 5.74) is 0.512. The van der Waals surface area contributed by atoms with Gasteiger partial charge in [0, 0.05) is 24.2 Å². The number of morpholine rings is 1. The maximum Gasteiger partial charge on any atom is 0.148 e. The number of hydrogen-bond donors (Lipinski definition) is 2. The number of anilines is 1. The number of nitrogens with one attached hydrogen (secondary N) is 1. The van der Waals surface area contributed by atoms with E-state index in [1.54, 1.807) is 6.20 Å². The van der Waals surface area contributed by atoms with Gasteiger partial charge in [-0.2, -0.15) is 5.10 Å². The van der Waals surface area contributed by atoms with Crippen molar-refractivity contribution in [2.24, 2.45) is 0 Å². The van der Waals surface area contributed by atoms with E-state index < -0.39 is 5.60 Å². The van der Waals surface area contributed by atoms with E-state index in [1.165, 1.54) is 0 Å². The van der Waals surface area contributed by atoms with Crippen molar-refractivity contribution in [2.75, 3.05) is 24.7 Å². The summed E-state index contributed by atoms with van der Waals surface area (Å²) in [4.78, 5) is 7.22. The molecule has 26 heavy (non-hydrogen) atoms. The average molecular weight is 355 g/mol. The summed E-state index contributed by atoms with van der Waals surface area (Å²) in [5, 5.41) is 18.7. The monoisotopic (exact) mass is 355 g/mol. The molecule has 0 amide bonds. The number of H-pyrrole nitrogens is 1. The molecule has 4 rings (SSSR count). The van der Waals surface area contributed by atoms with Crippen LogP contribution in [0, 0.1) is 0 Å². The zero-order chi connectivity index (χ0) is 18.5. The second kappa shape index (κ2) is 5.82. The number of aromatic nitrogens is 4. The fourth-order valence-corrected chi connectivity index (χ4v) is 3.60. The van der Waals surface area contributed by atoms with Crippen LogP contribution in [-0.4, -0.2) is 50.2 Å². The van der Waals surface area contributed by atoms with Crippen molar-refractivity contribution in [1.29, 1.82) is 0 Å². The molecule has 0 aromatic carbocycles. The highest BCUT2D eigenvalue weighted by atomic mass is 16.5. The van der Waals surface area contributed by atoms with Crippen molar-refractivity contribution in [3.63, 3.8) is 0 Å². The first-order valence-electron chi connectivity index (χ1n) is 8.87. The Balaban J connectivity index is 1.95. The predicted octanol–water partition coefficient (Wildman–Crippen LogP) is 2.59. The molecular formula is C19H25N5O2. The Morgan fingerprint density at radius 2 is 2.12 bits per heavy atom. The molecule has 1 aliphatic heterocycles. The van der Waals surface area contributed by atoms with E-state index in [4.69, 9.17) is 9.72 Å². The van der Waals surface area contributed by atoms with Crippen molar-refractivity contribution in [3.05, 3.63) is 36.2 Å². The van der Waals surface area contributed by atoms with Crippen molar-refractivity contribution in [1.82, 2.24) is 19.7 Å². The Morgan fingerprint density at radius 3 is 2.77 bits per heavy atom. The maximum absolute atomic E-state index is 10.8. The molecule has 7 heteroatoms. The second-order valence-electron chi connectivity index (χ2n) is 7.97. The largest absolute Gasteiger partial charge is 0.386 e. The van der Waals surface area contributed by atoms with Crippen LogP contribution >= 0.6 is 0 Å². The molecule has 0 bridgehead atoms. The van der Waals surface area contributed by atoms with E-state index in [0.29, 0.717) is 13.2 Å². The molecule has 3 aromatic heterocycles. The Bertz CT molecular complexity index is 921. The molecule has 138 valence electrons. The van der Waals surface area contributed by atoms with Crippen LogP contribution in [0.3, 0.4) is 0 Å². The van der Waals surface area contributed by atoms with Gasteiger partial charge in [-0.15, -0.1) is 0 Å². The van der Waals surface area contributed by atoms with Gasteiger partial charge in [-0.3, -0.25) is 9.67 Å². The summed E-state index contributed by atoms with van der Waals surface area (Å²) in [5.74, 6) is 1.69. The van der Waals surface area contributed by atoms with Gasteiger partial charge in [0.25, 0.3) is 0 Å². The summed E-state index contributed by atoms with van der Waals surface area (Å²) < 4.78 is 7.62.